The highest BCUT2D eigenvalue weighted by molar-refractivity contribution is 5.68. The molecular formula is C12H16N2. The molecule has 0 saturated heterocycles. The van der Waals surface area contributed by atoms with E-state index in [9.17, 15) is 0 Å². The van der Waals surface area contributed by atoms with E-state index in [1.165, 1.54) is 22.4 Å². The first kappa shape index (κ1) is 8.30. The van der Waals surface area contributed by atoms with Crippen LogP contribution >= 0.6 is 0 Å². The van der Waals surface area contributed by atoms with Crippen LogP contribution in [0.1, 0.15) is 23.1 Å². The zero-order valence-electron chi connectivity index (χ0n) is 8.72. The Morgan fingerprint density at radius 2 is 2.14 bits per heavy atom. The second-order valence-electron chi connectivity index (χ2n) is 4.82. The third-order valence-corrected chi connectivity index (χ3v) is 3.71. The van der Waals surface area contributed by atoms with Crippen molar-refractivity contribution in [1.82, 2.24) is 0 Å². The van der Waals surface area contributed by atoms with Gasteiger partial charge in [0.1, 0.15) is 0 Å². The van der Waals surface area contributed by atoms with Crippen LogP contribution in [0.3, 0.4) is 0 Å². The molecule has 3 rings (SSSR count). The van der Waals surface area contributed by atoms with Gasteiger partial charge in [0.15, 0.2) is 0 Å². The molecule has 1 spiro atoms. The number of fused-ring (bicyclic) bond motifs is 2. The maximum atomic E-state index is 6.04. The zero-order valence-corrected chi connectivity index (χ0v) is 8.72. The molecule has 0 bridgehead atoms. The summed E-state index contributed by atoms with van der Waals surface area (Å²) in [4.78, 5) is 0. The van der Waals surface area contributed by atoms with Gasteiger partial charge in [-0.1, -0.05) is 6.07 Å². The minimum atomic E-state index is 0.285. The average Bonchev–Trinajstić information content (AvgIpc) is 2.54. The molecule has 2 heteroatoms. The van der Waals surface area contributed by atoms with Gasteiger partial charge >= 0.3 is 0 Å². The predicted octanol–water partition coefficient (Wildman–Crippen LogP) is 1.70. The lowest BCUT2D eigenvalue weighted by molar-refractivity contribution is 0.728. The Hall–Kier alpha value is -1.02. The third-order valence-electron chi connectivity index (χ3n) is 3.71. The largest absolute Gasteiger partial charge is 0.384 e. The molecule has 1 aliphatic heterocycles. The highest BCUT2D eigenvalue weighted by atomic mass is 15.0. The highest BCUT2D eigenvalue weighted by Crippen LogP contribution is 2.54. The van der Waals surface area contributed by atoms with Crippen LogP contribution in [0.5, 0.6) is 0 Å². The summed E-state index contributed by atoms with van der Waals surface area (Å²) in [5.41, 5.74) is 11.9. The molecule has 14 heavy (non-hydrogen) atoms. The Morgan fingerprint density at radius 3 is 2.79 bits per heavy atom. The fourth-order valence-corrected chi connectivity index (χ4v) is 2.93. The Labute approximate surface area is 84.5 Å². The molecule has 2 aliphatic rings. The molecule has 74 valence electrons. The van der Waals surface area contributed by atoms with Gasteiger partial charge in [-0.05, 0) is 43.0 Å². The minimum absolute atomic E-state index is 0.285. The lowest BCUT2D eigenvalue weighted by atomic mass is 9.92. The zero-order chi connectivity index (χ0) is 9.92. The van der Waals surface area contributed by atoms with Crippen molar-refractivity contribution >= 4 is 5.69 Å². The first-order valence-electron chi connectivity index (χ1n) is 5.25. The van der Waals surface area contributed by atoms with E-state index in [0.717, 1.165) is 13.0 Å². The lowest BCUT2D eigenvalue weighted by Crippen LogP contribution is -2.20. The molecule has 1 aliphatic carbocycles. The number of hydrogen-bond donors (Lipinski definition) is 2. The van der Waals surface area contributed by atoms with Crippen molar-refractivity contribution in [2.45, 2.75) is 31.7 Å². The molecule has 1 heterocycles. The number of hydrogen-bond acceptors (Lipinski definition) is 2. The van der Waals surface area contributed by atoms with E-state index >= 15 is 0 Å². The standard InChI is InChI=1S/C12H16N2/c1-7-3-8(2)11-9(4-7)14-6-12(11)5-10(12)13/h3-4,10,14H,5-6,13H2,1-2H3. The Bertz CT molecular complexity index is 411. The molecule has 2 unspecified atom stereocenters. The van der Waals surface area contributed by atoms with Crippen molar-refractivity contribution in [2.24, 2.45) is 5.73 Å². The Balaban J connectivity index is 2.20. The van der Waals surface area contributed by atoms with Crippen molar-refractivity contribution in [3.63, 3.8) is 0 Å². The first-order valence-corrected chi connectivity index (χ1v) is 5.25. The number of nitrogens with two attached hydrogens (primary N) is 1. The smallest absolute Gasteiger partial charge is 0.0385 e. The van der Waals surface area contributed by atoms with E-state index in [1.807, 2.05) is 0 Å². The van der Waals surface area contributed by atoms with E-state index in [4.69, 9.17) is 5.73 Å². The molecular weight excluding hydrogens is 172 g/mol. The van der Waals surface area contributed by atoms with Gasteiger partial charge in [-0.25, -0.2) is 0 Å². The van der Waals surface area contributed by atoms with E-state index in [0.29, 0.717) is 6.04 Å². The predicted molar refractivity (Wildman–Crippen MR) is 58.7 cm³/mol. The second-order valence-corrected chi connectivity index (χ2v) is 4.82. The minimum Gasteiger partial charge on any atom is -0.384 e. The summed E-state index contributed by atoms with van der Waals surface area (Å²) in [5.74, 6) is 0. The van der Waals surface area contributed by atoms with Crippen molar-refractivity contribution in [2.75, 3.05) is 11.9 Å². The van der Waals surface area contributed by atoms with E-state index in [2.05, 4.69) is 31.3 Å². The van der Waals surface area contributed by atoms with Gasteiger partial charge in [-0.2, -0.15) is 0 Å². The van der Waals surface area contributed by atoms with Gasteiger partial charge in [0.25, 0.3) is 0 Å². The highest BCUT2D eigenvalue weighted by Gasteiger charge is 2.57. The van der Waals surface area contributed by atoms with Gasteiger partial charge in [-0.3, -0.25) is 0 Å². The summed E-state index contributed by atoms with van der Waals surface area (Å²) in [6.45, 7) is 5.38. The van der Waals surface area contributed by atoms with Gasteiger partial charge in [0.2, 0.25) is 0 Å². The molecule has 2 nitrogen and oxygen atoms in total. The third kappa shape index (κ3) is 0.845. The average molecular weight is 188 g/mol. The number of benzene rings is 1. The second kappa shape index (κ2) is 2.31. The summed E-state index contributed by atoms with van der Waals surface area (Å²) in [7, 11) is 0. The van der Waals surface area contributed by atoms with Gasteiger partial charge in [0.05, 0.1) is 0 Å². The molecule has 1 fully saturated rings. The fourth-order valence-electron chi connectivity index (χ4n) is 2.93. The van der Waals surface area contributed by atoms with Crippen LogP contribution in [0.15, 0.2) is 12.1 Å². The van der Waals surface area contributed by atoms with Gasteiger partial charge in [-0.15, -0.1) is 0 Å². The quantitative estimate of drug-likeness (QED) is 0.650. The maximum absolute atomic E-state index is 6.04. The summed E-state index contributed by atoms with van der Waals surface area (Å²) in [5, 5.41) is 3.48. The van der Waals surface area contributed by atoms with Crippen LogP contribution < -0.4 is 11.1 Å². The van der Waals surface area contributed by atoms with Crippen molar-refractivity contribution in [3.8, 4) is 0 Å². The van der Waals surface area contributed by atoms with Crippen LogP contribution in [0.25, 0.3) is 0 Å². The SMILES string of the molecule is Cc1cc(C)c2c(c1)NCC21CC1N. The normalized spacial score (nSPS) is 32.9. The van der Waals surface area contributed by atoms with Crippen molar-refractivity contribution < 1.29 is 0 Å². The monoisotopic (exact) mass is 188 g/mol. The van der Waals surface area contributed by atoms with Crippen molar-refractivity contribution in [1.29, 1.82) is 0 Å². The Morgan fingerprint density at radius 1 is 1.43 bits per heavy atom. The molecule has 1 aromatic carbocycles. The number of aryl methyl sites for hydroxylation is 2. The van der Waals surface area contributed by atoms with Crippen molar-refractivity contribution in [3.05, 3.63) is 28.8 Å². The Kier molecular flexibility index (Phi) is 1.37. The van der Waals surface area contributed by atoms with E-state index in [1.54, 1.807) is 0 Å². The summed E-state index contributed by atoms with van der Waals surface area (Å²) in [6.07, 6.45) is 1.15. The van der Waals surface area contributed by atoms with Crippen LogP contribution in [0.4, 0.5) is 5.69 Å². The maximum Gasteiger partial charge on any atom is 0.0385 e. The van der Waals surface area contributed by atoms with Crippen LogP contribution in [-0.2, 0) is 5.41 Å². The summed E-state index contributed by atoms with van der Waals surface area (Å²) in [6, 6.07) is 4.87. The summed E-state index contributed by atoms with van der Waals surface area (Å²) >= 11 is 0. The topological polar surface area (TPSA) is 38.0 Å². The van der Waals surface area contributed by atoms with Gasteiger partial charge in [0, 0.05) is 23.7 Å². The lowest BCUT2D eigenvalue weighted by Gasteiger charge is -2.11. The van der Waals surface area contributed by atoms with E-state index in [-0.39, 0.29) is 5.41 Å². The first-order chi connectivity index (χ1) is 6.63. The molecule has 1 aromatic rings. The molecule has 2 atom stereocenters. The van der Waals surface area contributed by atoms with E-state index < -0.39 is 0 Å². The molecule has 0 aromatic heterocycles. The van der Waals surface area contributed by atoms with Gasteiger partial charge < -0.3 is 11.1 Å². The van der Waals surface area contributed by atoms with Crippen LogP contribution in [0, 0.1) is 13.8 Å². The number of anilines is 1. The molecule has 1 saturated carbocycles. The van der Waals surface area contributed by atoms with Crippen LogP contribution in [0.2, 0.25) is 0 Å². The number of nitrogens with one attached hydrogen (secondary N) is 1. The fraction of sp³-hybridized carbons (Fsp3) is 0.500. The summed E-state index contributed by atoms with van der Waals surface area (Å²) < 4.78 is 0. The number of rotatable bonds is 0. The molecule has 0 amide bonds. The molecule has 3 N–H and O–H groups in total. The van der Waals surface area contributed by atoms with Crippen LogP contribution in [-0.4, -0.2) is 12.6 Å². The molecule has 0 radical (unpaired) electrons.